The van der Waals surface area contributed by atoms with Crippen LogP contribution < -0.4 is 10.6 Å². The van der Waals surface area contributed by atoms with Gasteiger partial charge >= 0.3 is 0 Å². The molecule has 1 aromatic heterocycles. The SMILES string of the molecule is CCOCCN(C)c1cncc(C(N)=O)n1. The van der Waals surface area contributed by atoms with Crippen molar-refractivity contribution in [1.82, 2.24) is 9.97 Å². The van der Waals surface area contributed by atoms with Crippen molar-refractivity contribution in [3.63, 3.8) is 0 Å². The lowest BCUT2D eigenvalue weighted by atomic mass is 10.4. The highest BCUT2D eigenvalue weighted by Crippen LogP contribution is 2.06. The Kier molecular flexibility index (Phi) is 4.65. The van der Waals surface area contributed by atoms with Gasteiger partial charge in [0.1, 0.15) is 11.5 Å². The Morgan fingerprint density at radius 1 is 1.56 bits per heavy atom. The van der Waals surface area contributed by atoms with E-state index < -0.39 is 5.91 Å². The van der Waals surface area contributed by atoms with Crippen LogP contribution in [-0.2, 0) is 4.74 Å². The standard InChI is InChI=1S/C10H16N4O2/c1-3-16-5-4-14(2)9-7-12-6-8(13-9)10(11)15/h6-7H,3-5H2,1-2H3,(H2,11,15). The largest absolute Gasteiger partial charge is 0.380 e. The highest BCUT2D eigenvalue weighted by molar-refractivity contribution is 5.90. The molecule has 0 fully saturated rings. The van der Waals surface area contributed by atoms with E-state index >= 15 is 0 Å². The first-order chi connectivity index (χ1) is 7.65. The van der Waals surface area contributed by atoms with Crippen LogP contribution >= 0.6 is 0 Å². The molecule has 0 aliphatic carbocycles. The van der Waals surface area contributed by atoms with Gasteiger partial charge in [0.2, 0.25) is 0 Å². The minimum absolute atomic E-state index is 0.167. The topological polar surface area (TPSA) is 81.3 Å². The highest BCUT2D eigenvalue weighted by atomic mass is 16.5. The summed E-state index contributed by atoms with van der Waals surface area (Å²) in [6.45, 7) is 3.91. The van der Waals surface area contributed by atoms with Gasteiger partial charge in [-0.25, -0.2) is 4.98 Å². The van der Waals surface area contributed by atoms with Gasteiger partial charge in [-0.2, -0.15) is 0 Å². The van der Waals surface area contributed by atoms with E-state index in [2.05, 4.69) is 9.97 Å². The fourth-order valence-electron chi connectivity index (χ4n) is 1.12. The Labute approximate surface area is 94.4 Å². The predicted octanol–water partition coefficient (Wildman–Crippen LogP) is 0.0482. The van der Waals surface area contributed by atoms with Crippen molar-refractivity contribution in [2.75, 3.05) is 31.7 Å². The average Bonchev–Trinajstić information content (AvgIpc) is 2.29. The van der Waals surface area contributed by atoms with E-state index in [1.165, 1.54) is 6.20 Å². The van der Waals surface area contributed by atoms with E-state index in [9.17, 15) is 4.79 Å². The Bertz CT molecular complexity index is 356. The minimum atomic E-state index is -0.576. The molecule has 2 N–H and O–H groups in total. The van der Waals surface area contributed by atoms with Crippen molar-refractivity contribution in [2.45, 2.75) is 6.92 Å². The molecule has 0 aliphatic heterocycles. The second-order valence-electron chi connectivity index (χ2n) is 3.25. The summed E-state index contributed by atoms with van der Waals surface area (Å²) in [5.74, 6) is 0.0311. The van der Waals surface area contributed by atoms with Crippen LogP contribution in [0, 0.1) is 0 Å². The van der Waals surface area contributed by atoms with Gasteiger partial charge < -0.3 is 15.4 Å². The van der Waals surface area contributed by atoms with Crippen LogP contribution in [0.4, 0.5) is 5.82 Å². The molecule has 1 aromatic rings. The van der Waals surface area contributed by atoms with Crippen molar-refractivity contribution in [3.05, 3.63) is 18.1 Å². The minimum Gasteiger partial charge on any atom is -0.380 e. The lowest BCUT2D eigenvalue weighted by Crippen LogP contribution is -2.25. The number of amides is 1. The number of rotatable bonds is 6. The van der Waals surface area contributed by atoms with Gasteiger partial charge in [0, 0.05) is 20.2 Å². The molecule has 0 aliphatic rings. The summed E-state index contributed by atoms with van der Waals surface area (Å²) in [6.07, 6.45) is 2.93. The van der Waals surface area contributed by atoms with Gasteiger partial charge in [0.05, 0.1) is 19.0 Å². The molecule has 1 heterocycles. The smallest absolute Gasteiger partial charge is 0.268 e. The number of carbonyl (C=O) groups excluding carboxylic acids is 1. The van der Waals surface area contributed by atoms with Crippen LogP contribution in [0.25, 0.3) is 0 Å². The summed E-state index contributed by atoms with van der Waals surface area (Å²) < 4.78 is 5.22. The quantitative estimate of drug-likeness (QED) is 0.690. The van der Waals surface area contributed by atoms with E-state index in [1.54, 1.807) is 6.20 Å². The van der Waals surface area contributed by atoms with Crippen LogP contribution in [-0.4, -0.2) is 42.7 Å². The molecule has 6 nitrogen and oxygen atoms in total. The Morgan fingerprint density at radius 2 is 2.31 bits per heavy atom. The summed E-state index contributed by atoms with van der Waals surface area (Å²) >= 11 is 0. The highest BCUT2D eigenvalue weighted by Gasteiger charge is 2.07. The van der Waals surface area contributed by atoms with Gasteiger partial charge in [-0.1, -0.05) is 0 Å². The van der Waals surface area contributed by atoms with Gasteiger partial charge in [-0.3, -0.25) is 9.78 Å². The Morgan fingerprint density at radius 3 is 2.94 bits per heavy atom. The Balaban J connectivity index is 2.64. The molecule has 6 heteroatoms. The van der Waals surface area contributed by atoms with Crippen molar-refractivity contribution in [3.8, 4) is 0 Å². The third-order valence-electron chi connectivity index (χ3n) is 2.04. The maximum Gasteiger partial charge on any atom is 0.268 e. The molecular formula is C10H16N4O2. The number of likely N-dealkylation sites (N-methyl/N-ethyl adjacent to an activating group) is 1. The lowest BCUT2D eigenvalue weighted by molar-refractivity contribution is 0.0995. The summed E-state index contributed by atoms with van der Waals surface area (Å²) in [4.78, 5) is 20.8. The predicted molar refractivity (Wildman–Crippen MR) is 60.3 cm³/mol. The van der Waals surface area contributed by atoms with Crippen LogP contribution in [0.2, 0.25) is 0 Å². The Hall–Kier alpha value is -1.69. The van der Waals surface area contributed by atoms with Crippen molar-refractivity contribution >= 4 is 11.7 Å². The molecular weight excluding hydrogens is 208 g/mol. The second-order valence-corrected chi connectivity index (χ2v) is 3.25. The molecule has 0 bridgehead atoms. The molecule has 1 amide bonds. The summed E-state index contributed by atoms with van der Waals surface area (Å²) in [7, 11) is 1.85. The number of aromatic nitrogens is 2. The van der Waals surface area contributed by atoms with E-state index in [4.69, 9.17) is 10.5 Å². The summed E-state index contributed by atoms with van der Waals surface area (Å²) in [5, 5.41) is 0. The average molecular weight is 224 g/mol. The van der Waals surface area contributed by atoms with Crippen molar-refractivity contribution in [1.29, 1.82) is 0 Å². The number of ether oxygens (including phenoxy) is 1. The van der Waals surface area contributed by atoms with Crippen LogP contribution in [0.5, 0.6) is 0 Å². The summed E-state index contributed by atoms with van der Waals surface area (Å²) in [5.41, 5.74) is 5.29. The molecule has 0 aromatic carbocycles. The second kappa shape index (κ2) is 6.02. The summed E-state index contributed by atoms with van der Waals surface area (Å²) in [6, 6.07) is 0. The molecule has 0 saturated heterocycles. The fraction of sp³-hybridized carbons (Fsp3) is 0.500. The number of nitrogens with zero attached hydrogens (tertiary/aromatic N) is 3. The maximum absolute atomic E-state index is 10.9. The zero-order chi connectivity index (χ0) is 12.0. The molecule has 0 radical (unpaired) electrons. The number of anilines is 1. The van der Waals surface area contributed by atoms with Crippen LogP contribution in [0.1, 0.15) is 17.4 Å². The first-order valence-corrected chi connectivity index (χ1v) is 5.06. The van der Waals surface area contributed by atoms with Gasteiger partial charge in [-0.05, 0) is 6.92 Å². The molecule has 0 atom stereocenters. The number of primary amides is 1. The van der Waals surface area contributed by atoms with E-state index in [0.717, 1.165) is 0 Å². The van der Waals surface area contributed by atoms with Crippen LogP contribution in [0.15, 0.2) is 12.4 Å². The lowest BCUT2D eigenvalue weighted by Gasteiger charge is -2.17. The third-order valence-corrected chi connectivity index (χ3v) is 2.04. The number of carbonyl (C=O) groups is 1. The van der Waals surface area contributed by atoms with Crippen LogP contribution in [0.3, 0.4) is 0 Å². The number of hydrogen-bond acceptors (Lipinski definition) is 5. The monoisotopic (exact) mass is 224 g/mol. The zero-order valence-corrected chi connectivity index (χ0v) is 9.51. The molecule has 0 spiro atoms. The third kappa shape index (κ3) is 3.47. The first-order valence-electron chi connectivity index (χ1n) is 5.06. The first kappa shape index (κ1) is 12.4. The van der Waals surface area contributed by atoms with Crippen molar-refractivity contribution < 1.29 is 9.53 Å². The van der Waals surface area contributed by atoms with Gasteiger partial charge in [0.15, 0.2) is 0 Å². The normalized spacial score (nSPS) is 10.1. The molecule has 88 valence electrons. The van der Waals surface area contributed by atoms with Gasteiger partial charge in [-0.15, -0.1) is 0 Å². The number of nitrogens with two attached hydrogens (primary N) is 1. The maximum atomic E-state index is 10.9. The molecule has 0 saturated carbocycles. The fourth-order valence-corrected chi connectivity index (χ4v) is 1.12. The zero-order valence-electron chi connectivity index (χ0n) is 9.51. The molecule has 1 rings (SSSR count). The molecule has 0 unspecified atom stereocenters. The van der Waals surface area contributed by atoms with E-state index in [1.807, 2.05) is 18.9 Å². The molecule has 16 heavy (non-hydrogen) atoms. The van der Waals surface area contributed by atoms with Gasteiger partial charge in [0.25, 0.3) is 5.91 Å². The van der Waals surface area contributed by atoms with E-state index in [0.29, 0.717) is 25.6 Å². The van der Waals surface area contributed by atoms with Crippen molar-refractivity contribution in [2.24, 2.45) is 5.73 Å². The number of hydrogen-bond donors (Lipinski definition) is 1. The van der Waals surface area contributed by atoms with E-state index in [-0.39, 0.29) is 5.69 Å².